The van der Waals surface area contributed by atoms with Crippen LogP contribution in [-0.2, 0) is 4.79 Å². The maximum absolute atomic E-state index is 12.2. The highest BCUT2D eigenvalue weighted by Gasteiger charge is 2.22. The van der Waals surface area contributed by atoms with Crippen LogP contribution >= 0.6 is 0 Å². The largest absolute Gasteiger partial charge is 0.299 e. The van der Waals surface area contributed by atoms with Crippen molar-refractivity contribution in [2.75, 3.05) is 0 Å². The lowest BCUT2D eigenvalue weighted by atomic mass is 9.83. The number of ketones is 1. The molecule has 1 atom stereocenters. The Morgan fingerprint density at radius 3 is 2.76 bits per heavy atom. The molecule has 1 fully saturated rings. The van der Waals surface area contributed by atoms with Crippen LogP contribution in [-0.4, -0.2) is 10.8 Å². The number of Topliss-reactive ketones (excluding diaryl/α,β-unsaturated/α-hetero) is 1. The maximum Gasteiger partial charge on any atom is 0.141 e. The van der Waals surface area contributed by atoms with Crippen molar-refractivity contribution in [3.8, 4) is 0 Å². The summed E-state index contributed by atoms with van der Waals surface area (Å²) in [5.41, 5.74) is 0.910. The normalized spacial score (nSPS) is 18.9. The van der Waals surface area contributed by atoms with Crippen LogP contribution in [0.5, 0.6) is 0 Å². The van der Waals surface area contributed by atoms with E-state index in [0.717, 1.165) is 12.1 Å². The van der Waals surface area contributed by atoms with Crippen LogP contribution in [0.2, 0.25) is 0 Å². The van der Waals surface area contributed by atoms with E-state index in [0.29, 0.717) is 11.7 Å². The van der Waals surface area contributed by atoms with Gasteiger partial charge in [-0.25, -0.2) is 0 Å². The Bertz CT molecular complexity index is 354. The van der Waals surface area contributed by atoms with Crippen molar-refractivity contribution >= 4 is 5.78 Å². The molecule has 1 aliphatic carbocycles. The van der Waals surface area contributed by atoms with Crippen LogP contribution < -0.4 is 0 Å². The zero-order valence-electron chi connectivity index (χ0n) is 10.6. The number of pyridine rings is 1. The Morgan fingerprint density at radius 2 is 2.12 bits per heavy atom. The van der Waals surface area contributed by atoms with E-state index in [1.54, 1.807) is 6.20 Å². The van der Waals surface area contributed by atoms with Crippen LogP contribution in [0.15, 0.2) is 24.4 Å². The molecule has 2 nitrogen and oxygen atoms in total. The summed E-state index contributed by atoms with van der Waals surface area (Å²) in [5.74, 6) is 0.941. The molecule has 0 radical (unpaired) electrons. The molecule has 17 heavy (non-hydrogen) atoms. The molecule has 0 spiro atoms. The predicted molar refractivity (Wildman–Crippen MR) is 68.9 cm³/mol. The van der Waals surface area contributed by atoms with Crippen molar-refractivity contribution in [2.24, 2.45) is 5.92 Å². The average molecular weight is 231 g/mol. The van der Waals surface area contributed by atoms with Gasteiger partial charge in [0.25, 0.3) is 0 Å². The predicted octanol–water partition coefficient (Wildman–Crippen LogP) is 3.72. The van der Waals surface area contributed by atoms with E-state index in [1.807, 2.05) is 25.1 Å². The van der Waals surface area contributed by atoms with Crippen molar-refractivity contribution in [3.63, 3.8) is 0 Å². The highest BCUT2D eigenvalue weighted by atomic mass is 16.1. The van der Waals surface area contributed by atoms with Gasteiger partial charge in [-0.2, -0.15) is 0 Å². The molecule has 2 rings (SSSR count). The van der Waals surface area contributed by atoms with E-state index in [4.69, 9.17) is 0 Å². The molecule has 1 aromatic heterocycles. The van der Waals surface area contributed by atoms with Gasteiger partial charge in [0.15, 0.2) is 0 Å². The molecule has 1 aromatic rings. The van der Waals surface area contributed by atoms with Gasteiger partial charge in [-0.3, -0.25) is 9.78 Å². The molecule has 0 aliphatic heterocycles. The fourth-order valence-corrected chi connectivity index (χ4v) is 2.65. The van der Waals surface area contributed by atoms with Crippen LogP contribution in [0.4, 0.5) is 0 Å². The van der Waals surface area contributed by atoms with Crippen LogP contribution in [0, 0.1) is 5.92 Å². The number of nitrogens with zero attached hydrogens (tertiary/aromatic N) is 1. The second-order valence-corrected chi connectivity index (χ2v) is 5.15. The highest BCUT2D eigenvalue weighted by molar-refractivity contribution is 5.85. The van der Waals surface area contributed by atoms with Crippen LogP contribution in [0.25, 0.3) is 0 Å². The lowest BCUT2D eigenvalue weighted by molar-refractivity contribution is -0.121. The van der Waals surface area contributed by atoms with E-state index in [9.17, 15) is 4.79 Å². The Labute approximate surface area is 103 Å². The van der Waals surface area contributed by atoms with Crippen molar-refractivity contribution in [1.29, 1.82) is 0 Å². The summed E-state index contributed by atoms with van der Waals surface area (Å²) >= 11 is 0. The van der Waals surface area contributed by atoms with Gasteiger partial charge < -0.3 is 0 Å². The fourth-order valence-electron chi connectivity index (χ4n) is 2.65. The molecule has 1 unspecified atom stereocenters. The first-order chi connectivity index (χ1) is 8.27. The van der Waals surface area contributed by atoms with Gasteiger partial charge in [0.1, 0.15) is 5.78 Å². The van der Waals surface area contributed by atoms with E-state index in [2.05, 4.69) is 4.98 Å². The summed E-state index contributed by atoms with van der Waals surface area (Å²) in [4.78, 5) is 16.4. The Kier molecular flexibility index (Phi) is 4.29. The van der Waals surface area contributed by atoms with E-state index in [1.165, 1.54) is 32.1 Å². The monoisotopic (exact) mass is 231 g/mol. The molecule has 0 bridgehead atoms. The van der Waals surface area contributed by atoms with Gasteiger partial charge in [-0.1, -0.05) is 38.2 Å². The zero-order valence-corrected chi connectivity index (χ0v) is 10.6. The third-order valence-electron chi connectivity index (χ3n) is 3.83. The van der Waals surface area contributed by atoms with Crippen molar-refractivity contribution < 1.29 is 4.79 Å². The van der Waals surface area contributed by atoms with Gasteiger partial charge in [0.05, 0.1) is 11.6 Å². The Balaban J connectivity index is 1.91. The fraction of sp³-hybridized carbons (Fsp3) is 0.600. The third-order valence-corrected chi connectivity index (χ3v) is 3.83. The maximum atomic E-state index is 12.2. The summed E-state index contributed by atoms with van der Waals surface area (Å²) in [6, 6.07) is 5.79. The summed E-state index contributed by atoms with van der Waals surface area (Å²) in [5, 5.41) is 0. The van der Waals surface area contributed by atoms with Crippen molar-refractivity contribution in [3.05, 3.63) is 30.1 Å². The first kappa shape index (κ1) is 12.3. The Morgan fingerprint density at radius 1 is 1.35 bits per heavy atom. The molecule has 0 aromatic carbocycles. The number of aromatic nitrogens is 1. The summed E-state index contributed by atoms with van der Waals surface area (Å²) in [6.45, 7) is 1.98. The molecule has 92 valence electrons. The lowest BCUT2D eigenvalue weighted by Crippen LogP contribution is -2.17. The summed E-state index contributed by atoms with van der Waals surface area (Å²) in [7, 11) is 0. The van der Waals surface area contributed by atoms with Crippen LogP contribution in [0.3, 0.4) is 0 Å². The second kappa shape index (κ2) is 5.95. The van der Waals surface area contributed by atoms with Gasteiger partial charge >= 0.3 is 0 Å². The average Bonchev–Trinajstić information content (AvgIpc) is 2.40. The highest BCUT2D eigenvalue weighted by Crippen LogP contribution is 2.28. The lowest BCUT2D eigenvalue weighted by Gasteiger charge is -2.22. The summed E-state index contributed by atoms with van der Waals surface area (Å²) < 4.78 is 0. The number of hydrogen-bond donors (Lipinski definition) is 0. The minimum atomic E-state index is -0.0434. The Hall–Kier alpha value is -1.18. The van der Waals surface area contributed by atoms with Gasteiger partial charge in [-0.15, -0.1) is 0 Å². The van der Waals surface area contributed by atoms with Crippen LogP contribution in [0.1, 0.15) is 57.1 Å². The standard InChI is InChI=1S/C15H21NO/c1-12(14-9-5-6-10-16-14)15(17)11-13-7-3-2-4-8-13/h5-6,9-10,12-13H,2-4,7-8,11H2,1H3. The zero-order chi connectivity index (χ0) is 12.1. The molecule has 1 heterocycles. The molecule has 0 N–H and O–H groups in total. The number of rotatable bonds is 4. The number of hydrogen-bond acceptors (Lipinski definition) is 2. The number of carbonyl (C=O) groups excluding carboxylic acids is 1. The molecule has 1 saturated carbocycles. The third kappa shape index (κ3) is 3.39. The van der Waals surface area contributed by atoms with E-state index >= 15 is 0 Å². The summed E-state index contributed by atoms with van der Waals surface area (Å²) in [6.07, 6.45) is 8.94. The molecule has 0 saturated heterocycles. The van der Waals surface area contributed by atoms with Gasteiger partial charge in [0.2, 0.25) is 0 Å². The van der Waals surface area contributed by atoms with E-state index in [-0.39, 0.29) is 5.92 Å². The molecule has 2 heteroatoms. The second-order valence-electron chi connectivity index (χ2n) is 5.15. The minimum Gasteiger partial charge on any atom is -0.299 e. The SMILES string of the molecule is CC(C(=O)CC1CCCCC1)c1ccccn1. The topological polar surface area (TPSA) is 30.0 Å². The van der Waals surface area contributed by atoms with E-state index < -0.39 is 0 Å². The molecular formula is C15H21NO. The smallest absolute Gasteiger partial charge is 0.141 e. The quantitative estimate of drug-likeness (QED) is 0.790. The molecule has 0 amide bonds. The van der Waals surface area contributed by atoms with Crippen molar-refractivity contribution in [1.82, 2.24) is 4.98 Å². The molecular weight excluding hydrogens is 210 g/mol. The minimum absolute atomic E-state index is 0.0434. The van der Waals surface area contributed by atoms with Gasteiger partial charge in [0, 0.05) is 12.6 Å². The van der Waals surface area contributed by atoms with Gasteiger partial charge in [-0.05, 0) is 25.0 Å². The first-order valence-electron chi connectivity index (χ1n) is 6.71. The van der Waals surface area contributed by atoms with Crippen molar-refractivity contribution in [2.45, 2.75) is 51.4 Å². The number of carbonyl (C=O) groups is 1. The molecule has 1 aliphatic rings. The first-order valence-corrected chi connectivity index (χ1v) is 6.71.